The quantitative estimate of drug-likeness (QED) is 0.731. The van der Waals surface area contributed by atoms with Crippen LogP contribution in [0.5, 0.6) is 0 Å². The number of nitrogens with zero attached hydrogens (tertiary/aromatic N) is 1. The summed E-state index contributed by atoms with van der Waals surface area (Å²) in [6.45, 7) is 3.00. The van der Waals surface area contributed by atoms with E-state index in [-0.39, 0.29) is 5.54 Å². The van der Waals surface area contributed by atoms with E-state index in [2.05, 4.69) is 9.97 Å². The first-order valence-corrected chi connectivity index (χ1v) is 4.46. The van der Waals surface area contributed by atoms with E-state index < -0.39 is 5.67 Å². The van der Waals surface area contributed by atoms with Crippen LogP contribution >= 0.6 is 0 Å². The summed E-state index contributed by atoms with van der Waals surface area (Å²) >= 11 is 0. The van der Waals surface area contributed by atoms with Gasteiger partial charge in [0.1, 0.15) is 11.5 Å². The average Bonchev–Trinajstić information content (AvgIpc) is 2.60. The Labute approximate surface area is 76.5 Å². The highest BCUT2D eigenvalue weighted by Crippen LogP contribution is 2.41. The lowest BCUT2D eigenvalue weighted by Gasteiger charge is -2.11. The molecule has 0 amide bonds. The fourth-order valence-electron chi connectivity index (χ4n) is 1.25. The summed E-state index contributed by atoms with van der Waals surface area (Å²) in [5.41, 5.74) is 4.74. The number of aromatic nitrogens is 2. The predicted octanol–water partition coefficient (Wildman–Crippen LogP) is 1.56. The van der Waals surface area contributed by atoms with Gasteiger partial charge in [0, 0.05) is 0 Å². The molecule has 0 aliphatic heterocycles. The third-order valence-electron chi connectivity index (χ3n) is 2.48. The Hall–Kier alpha value is -0.900. The highest BCUT2D eigenvalue weighted by Gasteiger charge is 2.43. The molecule has 2 rings (SSSR count). The molecule has 1 saturated carbocycles. The van der Waals surface area contributed by atoms with Crippen molar-refractivity contribution in [3.8, 4) is 0 Å². The third-order valence-corrected chi connectivity index (χ3v) is 2.48. The van der Waals surface area contributed by atoms with Gasteiger partial charge in [0.05, 0.1) is 17.4 Å². The maximum Gasteiger partial charge on any atom is 0.146 e. The average molecular weight is 183 g/mol. The van der Waals surface area contributed by atoms with Gasteiger partial charge >= 0.3 is 0 Å². The zero-order chi connectivity index (χ0) is 9.69. The molecule has 1 aliphatic carbocycles. The monoisotopic (exact) mass is 183 g/mol. The number of rotatable bonds is 2. The Morgan fingerprint density at radius 3 is 2.62 bits per heavy atom. The molecule has 3 N–H and O–H groups in total. The maximum absolute atomic E-state index is 13.4. The second kappa shape index (κ2) is 2.32. The van der Waals surface area contributed by atoms with Gasteiger partial charge in [-0.05, 0) is 26.7 Å². The molecule has 1 aromatic rings. The summed E-state index contributed by atoms with van der Waals surface area (Å²) in [6.07, 6.45) is 3.40. The number of imidazole rings is 1. The van der Waals surface area contributed by atoms with Crippen LogP contribution in [0.15, 0.2) is 6.20 Å². The Bertz CT molecular complexity index is 300. The van der Waals surface area contributed by atoms with E-state index in [4.69, 9.17) is 5.73 Å². The van der Waals surface area contributed by atoms with Crippen LogP contribution in [0.4, 0.5) is 4.39 Å². The first-order valence-electron chi connectivity index (χ1n) is 4.46. The summed E-state index contributed by atoms with van der Waals surface area (Å²) in [4.78, 5) is 7.04. The van der Waals surface area contributed by atoms with Crippen molar-refractivity contribution in [2.24, 2.45) is 5.73 Å². The second-order valence-electron chi connectivity index (χ2n) is 4.27. The molecule has 1 heterocycles. The molecule has 0 unspecified atom stereocenters. The molecule has 3 nitrogen and oxygen atoms in total. The lowest BCUT2D eigenvalue weighted by molar-refractivity contribution is 0.215. The standard InChI is InChI=1S/C9H14FN3/c1-8(2,10)6-5-12-7(13-6)9(11)3-4-9/h5H,3-4,11H2,1-2H3,(H,12,13). The second-order valence-corrected chi connectivity index (χ2v) is 4.27. The summed E-state index contributed by atoms with van der Waals surface area (Å²) in [7, 11) is 0. The minimum atomic E-state index is -1.36. The van der Waals surface area contributed by atoms with E-state index in [1.165, 1.54) is 20.0 Å². The Kier molecular flexibility index (Phi) is 1.55. The van der Waals surface area contributed by atoms with Crippen LogP contribution in [0.3, 0.4) is 0 Å². The lowest BCUT2D eigenvalue weighted by atomic mass is 10.1. The van der Waals surface area contributed by atoms with Gasteiger partial charge in [-0.2, -0.15) is 0 Å². The number of nitrogens with two attached hydrogens (primary N) is 1. The fourth-order valence-corrected chi connectivity index (χ4v) is 1.25. The Morgan fingerprint density at radius 2 is 2.23 bits per heavy atom. The van der Waals surface area contributed by atoms with Crippen molar-refractivity contribution >= 4 is 0 Å². The molecule has 13 heavy (non-hydrogen) atoms. The van der Waals surface area contributed by atoms with Gasteiger partial charge in [-0.1, -0.05) is 0 Å². The molecule has 1 fully saturated rings. The number of hydrogen-bond donors (Lipinski definition) is 2. The minimum absolute atomic E-state index is 0.302. The number of aromatic amines is 1. The van der Waals surface area contributed by atoms with E-state index in [9.17, 15) is 4.39 Å². The summed E-state index contributed by atoms with van der Waals surface area (Å²) in [5.74, 6) is 0.716. The van der Waals surface area contributed by atoms with Crippen molar-refractivity contribution in [2.75, 3.05) is 0 Å². The molecular formula is C9H14FN3. The summed E-state index contributed by atoms with van der Waals surface area (Å²) < 4.78 is 13.4. The molecule has 0 radical (unpaired) electrons. The number of hydrogen-bond acceptors (Lipinski definition) is 2. The van der Waals surface area contributed by atoms with Gasteiger partial charge in [-0.3, -0.25) is 0 Å². The largest absolute Gasteiger partial charge is 0.342 e. The number of halogens is 1. The molecule has 0 aromatic carbocycles. The number of nitrogens with one attached hydrogen (secondary N) is 1. The Balaban J connectivity index is 2.29. The zero-order valence-electron chi connectivity index (χ0n) is 7.89. The fraction of sp³-hybridized carbons (Fsp3) is 0.667. The van der Waals surface area contributed by atoms with Gasteiger partial charge in [0.2, 0.25) is 0 Å². The molecule has 4 heteroatoms. The molecular weight excluding hydrogens is 169 g/mol. The van der Waals surface area contributed by atoms with Crippen LogP contribution in [-0.4, -0.2) is 9.97 Å². The minimum Gasteiger partial charge on any atom is -0.342 e. The Morgan fingerprint density at radius 1 is 1.62 bits per heavy atom. The van der Waals surface area contributed by atoms with E-state index in [0.717, 1.165) is 12.8 Å². The topological polar surface area (TPSA) is 54.7 Å². The first-order chi connectivity index (χ1) is 5.92. The van der Waals surface area contributed by atoms with Gasteiger partial charge in [0.15, 0.2) is 0 Å². The van der Waals surface area contributed by atoms with Crippen LogP contribution in [0.2, 0.25) is 0 Å². The highest BCUT2D eigenvalue weighted by molar-refractivity contribution is 5.19. The normalized spacial score (nSPS) is 20.3. The molecule has 1 aromatic heterocycles. The summed E-state index contributed by atoms with van der Waals surface area (Å²) in [6, 6.07) is 0. The molecule has 0 spiro atoms. The SMILES string of the molecule is CC(C)(F)c1cnc(C2(N)CC2)[nH]1. The third kappa shape index (κ3) is 1.46. The van der Waals surface area contributed by atoms with Crippen molar-refractivity contribution in [3.05, 3.63) is 17.7 Å². The van der Waals surface area contributed by atoms with Crippen LogP contribution < -0.4 is 5.73 Å². The molecule has 0 atom stereocenters. The first kappa shape index (κ1) is 8.69. The molecule has 1 aliphatic rings. The number of H-pyrrole nitrogens is 1. The van der Waals surface area contributed by atoms with E-state index in [1.807, 2.05) is 0 Å². The van der Waals surface area contributed by atoms with Crippen molar-refractivity contribution in [2.45, 2.75) is 37.9 Å². The van der Waals surface area contributed by atoms with Crippen molar-refractivity contribution in [3.63, 3.8) is 0 Å². The van der Waals surface area contributed by atoms with Crippen LogP contribution in [0.25, 0.3) is 0 Å². The predicted molar refractivity (Wildman–Crippen MR) is 47.8 cm³/mol. The van der Waals surface area contributed by atoms with Crippen LogP contribution in [-0.2, 0) is 11.2 Å². The molecule has 72 valence electrons. The number of alkyl halides is 1. The van der Waals surface area contributed by atoms with Gasteiger partial charge < -0.3 is 10.7 Å². The van der Waals surface area contributed by atoms with E-state index >= 15 is 0 Å². The van der Waals surface area contributed by atoms with Crippen molar-refractivity contribution in [1.29, 1.82) is 0 Å². The van der Waals surface area contributed by atoms with Crippen LogP contribution in [0.1, 0.15) is 38.2 Å². The van der Waals surface area contributed by atoms with Crippen molar-refractivity contribution in [1.82, 2.24) is 9.97 Å². The van der Waals surface area contributed by atoms with Gasteiger partial charge in [-0.25, -0.2) is 9.37 Å². The van der Waals surface area contributed by atoms with E-state index in [0.29, 0.717) is 11.5 Å². The maximum atomic E-state index is 13.4. The van der Waals surface area contributed by atoms with Crippen molar-refractivity contribution < 1.29 is 4.39 Å². The molecule has 0 bridgehead atoms. The lowest BCUT2D eigenvalue weighted by Crippen LogP contribution is -2.21. The van der Waals surface area contributed by atoms with Gasteiger partial charge in [-0.15, -0.1) is 0 Å². The molecule has 0 saturated heterocycles. The smallest absolute Gasteiger partial charge is 0.146 e. The van der Waals surface area contributed by atoms with Crippen LogP contribution in [0, 0.1) is 0 Å². The van der Waals surface area contributed by atoms with E-state index in [1.54, 1.807) is 0 Å². The zero-order valence-corrected chi connectivity index (χ0v) is 7.89. The highest BCUT2D eigenvalue weighted by atomic mass is 19.1. The van der Waals surface area contributed by atoms with Gasteiger partial charge in [0.25, 0.3) is 0 Å². The summed E-state index contributed by atoms with van der Waals surface area (Å²) in [5, 5.41) is 0.